The number of nitrogens with zero attached hydrogens (tertiary/aromatic N) is 3. The third-order valence-corrected chi connectivity index (χ3v) is 6.18. The quantitative estimate of drug-likeness (QED) is 0.449. The van der Waals surface area contributed by atoms with Gasteiger partial charge in [-0.1, -0.05) is 30.0 Å². The number of amides is 4. The summed E-state index contributed by atoms with van der Waals surface area (Å²) in [4.78, 5) is 36.1. The largest absolute Gasteiger partial charge is 0.334 e. The highest BCUT2D eigenvalue weighted by Crippen LogP contribution is 2.24. The summed E-state index contributed by atoms with van der Waals surface area (Å²) in [5.41, 5.74) is 4.83. The van der Waals surface area contributed by atoms with Crippen LogP contribution in [0.15, 0.2) is 47.6 Å². The Hall–Kier alpha value is -3.66. The number of nitrogens with one attached hydrogen (secondary N) is 3. The van der Waals surface area contributed by atoms with Crippen LogP contribution in [0, 0.1) is 20.8 Å². The lowest BCUT2D eigenvalue weighted by molar-refractivity contribution is -0.121. The third kappa shape index (κ3) is 5.82. The SMILES string of the molecule is Cc1cc(C)cc(NC(=O)CSc2nnc(CC3CC(=O)NC(=O)N3)n2-c2cccc(C)c2)c1. The summed E-state index contributed by atoms with van der Waals surface area (Å²) in [6, 6.07) is 12.9. The van der Waals surface area contributed by atoms with Crippen molar-refractivity contribution in [2.75, 3.05) is 11.1 Å². The topological polar surface area (TPSA) is 118 Å². The van der Waals surface area contributed by atoms with E-state index in [0.29, 0.717) is 17.4 Å². The standard InChI is InChI=1S/C24H26N6O3S/c1-14-5-4-6-19(10-14)30-20(11-18-12-21(31)27-23(33)26-18)28-29-24(30)34-13-22(32)25-17-8-15(2)7-16(3)9-17/h4-10,18H,11-13H2,1-3H3,(H,25,32)(H2,26,27,31,33). The van der Waals surface area contributed by atoms with E-state index in [1.165, 1.54) is 11.8 Å². The molecule has 1 fully saturated rings. The van der Waals surface area contributed by atoms with Crippen LogP contribution in [0.3, 0.4) is 0 Å². The molecule has 1 saturated heterocycles. The summed E-state index contributed by atoms with van der Waals surface area (Å²) in [7, 11) is 0. The first kappa shape index (κ1) is 23.5. The average molecular weight is 479 g/mol. The van der Waals surface area contributed by atoms with Gasteiger partial charge in [0.25, 0.3) is 0 Å². The van der Waals surface area contributed by atoms with Crippen molar-refractivity contribution in [2.45, 2.75) is 44.8 Å². The number of benzene rings is 2. The average Bonchev–Trinajstić information content (AvgIpc) is 3.13. The molecule has 0 radical (unpaired) electrons. The van der Waals surface area contributed by atoms with Crippen molar-refractivity contribution in [1.29, 1.82) is 0 Å². The Bertz CT molecular complexity index is 1220. The smallest absolute Gasteiger partial charge is 0.321 e. The molecule has 10 heteroatoms. The van der Waals surface area contributed by atoms with E-state index in [-0.39, 0.29) is 30.0 Å². The second kappa shape index (κ2) is 10.1. The fourth-order valence-electron chi connectivity index (χ4n) is 3.94. The number of imide groups is 1. The number of anilines is 1. The minimum atomic E-state index is -0.513. The number of aromatic nitrogens is 3. The Morgan fingerprint density at radius 3 is 2.56 bits per heavy atom. The second-order valence-corrected chi connectivity index (χ2v) is 9.36. The maximum Gasteiger partial charge on any atom is 0.321 e. The summed E-state index contributed by atoms with van der Waals surface area (Å²) in [5, 5.41) is 17.1. The van der Waals surface area contributed by atoms with Crippen molar-refractivity contribution >= 4 is 35.3 Å². The molecule has 1 aromatic heterocycles. The maximum atomic E-state index is 12.6. The fraction of sp³-hybridized carbons (Fsp3) is 0.292. The third-order valence-electron chi connectivity index (χ3n) is 5.25. The van der Waals surface area contributed by atoms with Crippen LogP contribution in [-0.2, 0) is 16.0 Å². The summed E-state index contributed by atoms with van der Waals surface area (Å²) >= 11 is 1.28. The van der Waals surface area contributed by atoms with Crippen molar-refractivity contribution in [1.82, 2.24) is 25.4 Å². The molecular formula is C24H26N6O3S. The van der Waals surface area contributed by atoms with E-state index in [1.807, 2.05) is 61.7 Å². The number of carbonyl (C=O) groups excluding carboxylic acids is 3. The first-order valence-corrected chi connectivity index (χ1v) is 11.9. The number of rotatable bonds is 7. The van der Waals surface area contributed by atoms with E-state index in [9.17, 15) is 14.4 Å². The number of hydrogen-bond acceptors (Lipinski definition) is 6. The number of carbonyl (C=O) groups is 3. The molecule has 176 valence electrons. The van der Waals surface area contributed by atoms with Crippen LogP contribution < -0.4 is 16.0 Å². The van der Waals surface area contributed by atoms with Crippen LogP contribution in [0.1, 0.15) is 28.9 Å². The van der Waals surface area contributed by atoms with Crippen LogP contribution in [0.5, 0.6) is 0 Å². The molecule has 9 nitrogen and oxygen atoms in total. The first-order valence-electron chi connectivity index (χ1n) is 10.9. The molecule has 34 heavy (non-hydrogen) atoms. The monoisotopic (exact) mass is 478 g/mol. The fourth-order valence-corrected chi connectivity index (χ4v) is 4.71. The van der Waals surface area contributed by atoms with Gasteiger partial charge in [0.15, 0.2) is 5.16 Å². The summed E-state index contributed by atoms with van der Waals surface area (Å²) in [6.07, 6.45) is 0.489. The number of hydrogen-bond donors (Lipinski definition) is 3. The van der Waals surface area contributed by atoms with E-state index in [2.05, 4.69) is 32.2 Å². The lowest BCUT2D eigenvalue weighted by Crippen LogP contribution is -2.53. The lowest BCUT2D eigenvalue weighted by Gasteiger charge is -2.23. The van der Waals surface area contributed by atoms with Crippen molar-refractivity contribution in [2.24, 2.45) is 0 Å². The van der Waals surface area contributed by atoms with Gasteiger partial charge in [-0.05, 0) is 61.7 Å². The van der Waals surface area contributed by atoms with E-state index < -0.39 is 6.03 Å². The molecule has 4 rings (SSSR count). The van der Waals surface area contributed by atoms with Crippen LogP contribution in [0.4, 0.5) is 10.5 Å². The summed E-state index contributed by atoms with van der Waals surface area (Å²) < 4.78 is 1.88. The van der Waals surface area contributed by atoms with Gasteiger partial charge < -0.3 is 10.6 Å². The van der Waals surface area contributed by atoms with Gasteiger partial charge >= 0.3 is 6.03 Å². The predicted molar refractivity (Wildman–Crippen MR) is 130 cm³/mol. The Balaban J connectivity index is 1.54. The molecule has 0 saturated carbocycles. The first-order chi connectivity index (χ1) is 16.3. The zero-order valence-electron chi connectivity index (χ0n) is 19.2. The van der Waals surface area contributed by atoms with Gasteiger partial charge in [-0.15, -0.1) is 10.2 Å². The summed E-state index contributed by atoms with van der Waals surface area (Å²) in [5.74, 6) is 0.280. The van der Waals surface area contributed by atoms with Crippen molar-refractivity contribution in [3.8, 4) is 5.69 Å². The zero-order chi connectivity index (χ0) is 24.2. The Morgan fingerprint density at radius 2 is 1.85 bits per heavy atom. The van der Waals surface area contributed by atoms with E-state index in [4.69, 9.17) is 0 Å². The van der Waals surface area contributed by atoms with Crippen molar-refractivity contribution in [3.63, 3.8) is 0 Å². The Kier molecular flexibility index (Phi) is 6.97. The maximum absolute atomic E-state index is 12.6. The molecule has 0 bridgehead atoms. The predicted octanol–water partition coefficient (Wildman–Crippen LogP) is 3.06. The molecule has 1 atom stereocenters. The normalized spacial score (nSPS) is 15.6. The molecule has 3 N–H and O–H groups in total. The zero-order valence-corrected chi connectivity index (χ0v) is 20.0. The molecule has 4 amide bonds. The minimum absolute atomic E-state index is 0.147. The minimum Gasteiger partial charge on any atom is -0.334 e. The summed E-state index contributed by atoms with van der Waals surface area (Å²) in [6.45, 7) is 5.96. The van der Waals surface area contributed by atoms with Crippen LogP contribution in [0.25, 0.3) is 5.69 Å². The number of aryl methyl sites for hydroxylation is 3. The van der Waals surface area contributed by atoms with E-state index in [1.54, 1.807) is 0 Å². The molecule has 2 heterocycles. The molecule has 2 aromatic carbocycles. The highest BCUT2D eigenvalue weighted by Gasteiger charge is 2.27. The van der Waals surface area contributed by atoms with Crippen molar-refractivity contribution < 1.29 is 14.4 Å². The highest BCUT2D eigenvalue weighted by molar-refractivity contribution is 7.99. The van der Waals surface area contributed by atoms with Gasteiger partial charge in [0.05, 0.1) is 5.75 Å². The Morgan fingerprint density at radius 1 is 1.09 bits per heavy atom. The van der Waals surface area contributed by atoms with Crippen LogP contribution >= 0.6 is 11.8 Å². The lowest BCUT2D eigenvalue weighted by atomic mass is 10.1. The van der Waals surface area contributed by atoms with Crippen LogP contribution in [0.2, 0.25) is 0 Å². The molecule has 0 aliphatic carbocycles. The van der Waals surface area contributed by atoms with Gasteiger partial charge in [0.2, 0.25) is 11.8 Å². The molecule has 1 aliphatic heterocycles. The van der Waals surface area contributed by atoms with Gasteiger partial charge in [-0.2, -0.15) is 0 Å². The van der Waals surface area contributed by atoms with Gasteiger partial charge in [-0.25, -0.2) is 4.79 Å². The molecular weight excluding hydrogens is 452 g/mol. The van der Waals surface area contributed by atoms with Crippen LogP contribution in [-0.4, -0.2) is 44.4 Å². The molecule has 1 aliphatic rings. The molecule has 0 spiro atoms. The number of urea groups is 1. The van der Waals surface area contributed by atoms with E-state index in [0.717, 1.165) is 28.1 Å². The van der Waals surface area contributed by atoms with Gasteiger partial charge in [0.1, 0.15) is 5.82 Å². The van der Waals surface area contributed by atoms with Gasteiger partial charge in [-0.3, -0.25) is 19.5 Å². The van der Waals surface area contributed by atoms with Gasteiger partial charge in [0, 0.05) is 30.3 Å². The molecule has 1 unspecified atom stereocenters. The number of thioether (sulfide) groups is 1. The highest BCUT2D eigenvalue weighted by atomic mass is 32.2. The van der Waals surface area contributed by atoms with E-state index >= 15 is 0 Å². The van der Waals surface area contributed by atoms with Crippen molar-refractivity contribution in [3.05, 3.63) is 65.0 Å². The second-order valence-electron chi connectivity index (χ2n) is 8.41. The molecule has 3 aromatic rings. The Labute approximate surface area is 201 Å².